The molecule has 37 heavy (non-hydrogen) atoms. The maximum Gasteiger partial charge on any atom is 0.416 e. The number of aryl methyl sites for hydroxylation is 1. The number of ketones is 1. The van der Waals surface area contributed by atoms with E-state index in [-0.39, 0.29) is 16.8 Å². The highest BCUT2D eigenvalue weighted by Gasteiger charge is 2.47. The van der Waals surface area contributed by atoms with Gasteiger partial charge < -0.3 is 9.84 Å². The van der Waals surface area contributed by atoms with Crippen molar-refractivity contribution in [2.45, 2.75) is 33.0 Å². The third-order valence-corrected chi connectivity index (χ3v) is 5.97. The highest BCUT2D eigenvalue weighted by atomic mass is 19.4. The van der Waals surface area contributed by atoms with Crippen LogP contribution in [-0.2, 0) is 15.8 Å². The Morgan fingerprint density at radius 2 is 1.68 bits per heavy atom. The van der Waals surface area contributed by atoms with E-state index in [1.54, 1.807) is 42.5 Å². The minimum Gasteiger partial charge on any atom is -0.507 e. The molecule has 1 unspecified atom stereocenters. The predicted octanol–water partition coefficient (Wildman–Crippen LogP) is 6.67. The van der Waals surface area contributed by atoms with E-state index in [9.17, 15) is 27.9 Å². The van der Waals surface area contributed by atoms with Crippen LogP contribution in [0.3, 0.4) is 0 Å². The van der Waals surface area contributed by atoms with Gasteiger partial charge in [-0.25, -0.2) is 0 Å². The van der Waals surface area contributed by atoms with Gasteiger partial charge in [0.05, 0.1) is 23.8 Å². The highest BCUT2D eigenvalue weighted by molar-refractivity contribution is 6.51. The normalized spacial score (nSPS) is 17.5. The first kappa shape index (κ1) is 26.0. The molecule has 3 aromatic rings. The van der Waals surface area contributed by atoms with Crippen LogP contribution in [-0.4, -0.2) is 23.4 Å². The quantitative estimate of drug-likeness (QED) is 0.229. The Balaban J connectivity index is 1.85. The van der Waals surface area contributed by atoms with Crippen molar-refractivity contribution in [3.8, 4) is 5.75 Å². The molecule has 1 amide bonds. The van der Waals surface area contributed by atoms with Gasteiger partial charge in [-0.3, -0.25) is 14.5 Å². The maximum absolute atomic E-state index is 13.4. The Morgan fingerprint density at radius 3 is 2.30 bits per heavy atom. The van der Waals surface area contributed by atoms with E-state index in [4.69, 9.17) is 4.74 Å². The second-order valence-electron chi connectivity index (χ2n) is 9.36. The number of ether oxygens (including phenoxy) is 1. The van der Waals surface area contributed by atoms with Crippen molar-refractivity contribution in [2.24, 2.45) is 5.92 Å². The Morgan fingerprint density at radius 1 is 1.00 bits per heavy atom. The van der Waals surface area contributed by atoms with Crippen LogP contribution < -0.4 is 9.64 Å². The van der Waals surface area contributed by atoms with Gasteiger partial charge in [-0.2, -0.15) is 13.2 Å². The number of aliphatic hydroxyl groups excluding tert-OH is 1. The lowest BCUT2D eigenvalue weighted by atomic mass is 9.94. The first-order valence-electron chi connectivity index (χ1n) is 11.8. The third-order valence-electron chi connectivity index (χ3n) is 5.97. The lowest BCUT2D eigenvalue weighted by Crippen LogP contribution is -2.29. The summed E-state index contributed by atoms with van der Waals surface area (Å²) in [5.74, 6) is -1.54. The van der Waals surface area contributed by atoms with Crippen LogP contribution in [0, 0.1) is 12.8 Å². The number of aliphatic hydroxyl groups is 1. The molecule has 8 heteroatoms. The Hall–Kier alpha value is -4.07. The molecule has 1 aliphatic heterocycles. The molecule has 4 rings (SSSR count). The summed E-state index contributed by atoms with van der Waals surface area (Å²) in [4.78, 5) is 27.5. The van der Waals surface area contributed by atoms with E-state index in [0.29, 0.717) is 23.8 Å². The van der Waals surface area contributed by atoms with Gasteiger partial charge in [0.2, 0.25) is 0 Å². The van der Waals surface area contributed by atoms with E-state index in [2.05, 4.69) is 0 Å². The molecular weight excluding hydrogens is 483 g/mol. The molecule has 0 saturated carbocycles. The number of Topliss-reactive ketones (excluding diaryl/α,β-unsaturated/α-hetero) is 1. The minimum atomic E-state index is -4.64. The fraction of sp³-hybridized carbons (Fsp3) is 0.241. The first-order valence-corrected chi connectivity index (χ1v) is 11.8. The number of carbonyl (C=O) groups excluding carboxylic acids is 2. The van der Waals surface area contributed by atoms with Gasteiger partial charge in [-0.15, -0.1) is 0 Å². The van der Waals surface area contributed by atoms with E-state index >= 15 is 0 Å². The lowest BCUT2D eigenvalue weighted by molar-refractivity contribution is -0.137. The summed E-state index contributed by atoms with van der Waals surface area (Å²) >= 11 is 0. The molecular formula is C29H26F3NO4. The van der Waals surface area contributed by atoms with Crippen LogP contribution in [0.5, 0.6) is 5.75 Å². The van der Waals surface area contributed by atoms with Crippen molar-refractivity contribution < 1.29 is 32.6 Å². The number of rotatable bonds is 6. The lowest BCUT2D eigenvalue weighted by Gasteiger charge is -2.26. The second kappa shape index (κ2) is 10.1. The molecule has 0 radical (unpaired) electrons. The summed E-state index contributed by atoms with van der Waals surface area (Å²) in [5.41, 5.74) is 0.320. The van der Waals surface area contributed by atoms with Crippen LogP contribution in [0.25, 0.3) is 5.76 Å². The van der Waals surface area contributed by atoms with Crippen molar-refractivity contribution in [1.82, 2.24) is 0 Å². The Labute approximate surface area is 212 Å². The van der Waals surface area contributed by atoms with Crippen molar-refractivity contribution in [1.29, 1.82) is 0 Å². The van der Waals surface area contributed by atoms with Crippen LogP contribution in [0.4, 0.5) is 18.9 Å². The summed E-state index contributed by atoms with van der Waals surface area (Å²) in [6.45, 7) is 6.33. The van der Waals surface area contributed by atoms with E-state index < -0.39 is 35.2 Å². The molecule has 1 N–H and O–H groups in total. The molecule has 1 aliphatic rings. The fourth-order valence-electron chi connectivity index (χ4n) is 4.21. The van der Waals surface area contributed by atoms with E-state index in [1.807, 2.05) is 26.8 Å². The zero-order valence-electron chi connectivity index (χ0n) is 20.5. The Kier molecular flexibility index (Phi) is 7.12. The van der Waals surface area contributed by atoms with Gasteiger partial charge in [-0.1, -0.05) is 49.7 Å². The summed E-state index contributed by atoms with van der Waals surface area (Å²) in [6, 6.07) is 16.5. The molecule has 0 aliphatic carbocycles. The summed E-state index contributed by atoms with van der Waals surface area (Å²) < 4.78 is 46.0. The molecule has 192 valence electrons. The van der Waals surface area contributed by atoms with Gasteiger partial charge >= 0.3 is 6.18 Å². The smallest absolute Gasteiger partial charge is 0.416 e. The maximum atomic E-state index is 13.4. The van der Waals surface area contributed by atoms with Crippen molar-refractivity contribution in [3.05, 3.63) is 101 Å². The van der Waals surface area contributed by atoms with Crippen molar-refractivity contribution in [3.63, 3.8) is 0 Å². The molecule has 0 spiro atoms. The zero-order valence-corrected chi connectivity index (χ0v) is 20.5. The minimum absolute atomic E-state index is 0.0973. The zero-order chi connectivity index (χ0) is 26.9. The van der Waals surface area contributed by atoms with Gasteiger partial charge in [0.15, 0.2) is 0 Å². The number of amides is 1. The standard InChI is InChI=1S/C29H26F3NO4/c1-17(2)16-37-23-12-10-19(11-13-23)26(34)24-25(20-7-4-6-18(3)14-20)33(28(36)27(24)35)22-9-5-8-21(15-22)29(30,31)32/h4-15,17,25,34H,16H2,1-3H3/b26-24+. The van der Waals surface area contributed by atoms with E-state index in [1.165, 1.54) is 12.1 Å². The number of halogens is 3. The van der Waals surface area contributed by atoms with Crippen molar-refractivity contribution >= 4 is 23.1 Å². The fourth-order valence-corrected chi connectivity index (χ4v) is 4.21. The molecule has 1 atom stereocenters. The van der Waals surface area contributed by atoms with Gasteiger partial charge in [0.25, 0.3) is 11.7 Å². The monoisotopic (exact) mass is 509 g/mol. The number of benzene rings is 3. The van der Waals surface area contributed by atoms with Gasteiger partial charge in [-0.05, 0) is 60.9 Å². The third kappa shape index (κ3) is 5.38. The van der Waals surface area contributed by atoms with Crippen molar-refractivity contribution in [2.75, 3.05) is 11.5 Å². The average Bonchev–Trinajstić information content (AvgIpc) is 3.12. The number of nitrogens with zero attached hydrogens (tertiary/aromatic N) is 1. The molecule has 1 saturated heterocycles. The number of alkyl halides is 3. The second-order valence-corrected chi connectivity index (χ2v) is 9.36. The SMILES string of the molecule is Cc1cccc(C2/C(=C(\O)c3ccc(OCC(C)C)cc3)C(=O)C(=O)N2c2cccc(C(F)(F)F)c2)c1. The molecule has 0 aromatic heterocycles. The largest absolute Gasteiger partial charge is 0.507 e. The molecule has 1 heterocycles. The van der Waals surface area contributed by atoms with Crippen LogP contribution >= 0.6 is 0 Å². The molecule has 5 nitrogen and oxygen atoms in total. The molecule has 1 fully saturated rings. The first-order chi connectivity index (χ1) is 17.5. The summed E-state index contributed by atoms with van der Waals surface area (Å²) in [5, 5.41) is 11.2. The number of anilines is 1. The van der Waals surface area contributed by atoms with E-state index in [0.717, 1.165) is 22.6 Å². The number of hydrogen-bond acceptors (Lipinski definition) is 4. The van der Waals surface area contributed by atoms with Crippen LogP contribution in [0.2, 0.25) is 0 Å². The molecule has 0 bridgehead atoms. The molecule has 3 aromatic carbocycles. The predicted molar refractivity (Wildman–Crippen MR) is 134 cm³/mol. The average molecular weight is 510 g/mol. The number of hydrogen-bond donors (Lipinski definition) is 1. The van der Waals surface area contributed by atoms with Gasteiger partial charge in [0, 0.05) is 11.3 Å². The summed E-state index contributed by atoms with van der Waals surface area (Å²) in [6.07, 6.45) is -4.64. The van der Waals surface area contributed by atoms with Crippen LogP contribution in [0.15, 0.2) is 78.4 Å². The van der Waals surface area contributed by atoms with Crippen LogP contribution in [0.1, 0.15) is 42.1 Å². The summed E-state index contributed by atoms with van der Waals surface area (Å²) in [7, 11) is 0. The highest BCUT2D eigenvalue weighted by Crippen LogP contribution is 2.43. The Bertz CT molecular complexity index is 1360. The number of carbonyl (C=O) groups is 2. The van der Waals surface area contributed by atoms with Gasteiger partial charge in [0.1, 0.15) is 11.5 Å². The topological polar surface area (TPSA) is 66.8 Å².